The third-order valence-corrected chi connectivity index (χ3v) is 5.31. The predicted molar refractivity (Wildman–Crippen MR) is 81.2 cm³/mol. The molecule has 2 aliphatic rings. The van der Waals surface area contributed by atoms with E-state index in [1.54, 1.807) is 0 Å². The van der Waals surface area contributed by atoms with E-state index in [9.17, 15) is 5.11 Å². The van der Waals surface area contributed by atoms with Crippen molar-refractivity contribution in [3.05, 3.63) is 0 Å². The number of hydrogen-bond acceptors (Lipinski definition) is 2. The van der Waals surface area contributed by atoms with E-state index < -0.39 is 0 Å². The molecule has 0 saturated heterocycles. The molecule has 3 atom stereocenters. The lowest BCUT2D eigenvalue weighted by molar-refractivity contribution is 0.118. The number of aliphatic hydroxyl groups is 1. The molecule has 2 saturated carbocycles. The lowest BCUT2D eigenvalue weighted by Crippen LogP contribution is -2.45. The van der Waals surface area contributed by atoms with Gasteiger partial charge < -0.3 is 10.4 Å². The van der Waals surface area contributed by atoms with Crippen LogP contribution in [0.2, 0.25) is 0 Å². The summed E-state index contributed by atoms with van der Waals surface area (Å²) in [5.74, 6) is 1.86. The second-order valence-electron chi connectivity index (χ2n) is 6.80. The summed E-state index contributed by atoms with van der Waals surface area (Å²) in [5, 5.41) is 13.6. The van der Waals surface area contributed by atoms with E-state index in [1.165, 1.54) is 57.8 Å². The number of hydrogen-bond donors (Lipinski definition) is 2. The van der Waals surface area contributed by atoms with E-state index in [0.717, 1.165) is 31.2 Å². The summed E-state index contributed by atoms with van der Waals surface area (Å²) >= 11 is 0. The third kappa shape index (κ3) is 4.75. The van der Waals surface area contributed by atoms with E-state index >= 15 is 0 Å². The molecule has 3 unspecified atom stereocenters. The third-order valence-electron chi connectivity index (χ3n) is 5.31. The van der Waals surface area contributed by atoms with Gasteiger partial charge in [-0.25, -0.2) is 0 Å². The Morgan fingerprint density at radius 1 is 1.00 bits per heavy atom. The molecule has 2 aliphatic carbocycles. The second-order valence-corrected chi connectivity index (χ2v) is 6.80. The summed E-state index contributed by atoms with van der Waals surface area (Å²) < 4.78 is 0. The van der Waals surface area contributed by atoms with Crippen LogP contribution in [-0.4, -0.2) is 23.8 Å². The van der Waals surface area contributed by atoms with Gasteiger partial charge in [0.25, 0.3) is 0 Å². The molecule has 2 heteroatoms. The van der Waals surface area contributed by atoms with Gasteiger partial charge in [-0.3, -0.25) is 0 Å². The summed E-state index contributed by atoms with van der Waals surface area (Å²) in [7, 11) is 0. The monoisotopic (exact) mass is 267 g/mol. The van der Waals surface area contributed by atoms with Gasteiger partial charge in [0.1, 0.15) is 0 Å². The minimum atomic E-state index is -0.140. The fraction of sp³-hybridized carbons (Fsp3) is 1.00. The fourth-order valence-corrected chi connectivity index (χ4v) is 4.26. The van der Waals surface area contributed by atoms with Gasteiger partial charge >= 0.3 is 0 Å². The van der Waals surface area contributed by atoms with Crippen LogP contribution in [0.5, 0.6) is 0 Å². The van der Waals surface area contributed by atoms with Gasteiger partial charge in [0.15, 0.2) is 0 Å². The van der Waals surface area contributed by atoms with Crippen LogP contribution in [0.4, 0.5) is 0 Å². The Morgan fingerprint density at radius 3 is 2.42 bits per heavy atom. The van der Waals surface area contributed by atoms with E-state index in [2.05, 4.69) is 12.2 Å². The summed E-state index contributed by atoms with van der Waals surface area (Å²) in [4.78, 5) is 0. The molecule has 0 heterocycles. The van der Waals surface area contributed by atoms with Gasteiger partial charge in [0, 0.05) is 12.6 Å². The van der Waals surface area contributed by atoms with E-state index in [4.69, 9.17) is 0 Å². The van der Waals surface area contributed by atoms with Crippen molar-refractivity contribution < 1.29 is 5.11 Å². The summed E-state index contributed by atoms with van der Waals surface area (Å²) in [6.07, 6.45) is 14.7. The zero-order chi connectivity index (χ0) is 13.5. The van der Waals surface area contributed by atoms with Crippen LogP contribution in [-0.2, 0) is 0 Å². The molecule has 0 bridgehead atoms. The Bertz CT molecular complexity index is 237. The van der Waals surface area contributed by atoms with Crippen molar-refractivity contribution in [2.45, 2.75) is 89.7 Å². The topological polar surface area (TPSA) is 32.3 Å². The highest BCUT2D eigenvalue weighted by Crippen LogP contribution is 2.38. The number of aliphatic hydroxyl groups excluding tert-OH is 1. The molecule has 2 rings (SSSR count). The minimum Gasteiger partial charge on any atom is -0.392 e. The predicted octanol–water partition coefficient (Wildman–Crippen LogP) is 3.88. The molecule has 0 aromatic rings. The first kappa shape index (κ1) is 15.3. The Hall–Kier alpha value is -0.0800. The number of nitrogens with one attached hydrogen (secondary N) is 1. The maximum absolute atomic E-state index is 9.91. The lowest BCUT2D eigenvalue weighted by Gasteiger charge is -2.39. The summed E-state index contributed by atoms with van der Waals surface area (Å²) in [5.41, 5.74) is 0. The van der Waals surface area contributed by atoms with Gasteiger partial charge in [0.2, 0.25) is 0 Å². The highest BCUT2D eigenvalue weighted by atomic mass is 16.3. The van der Waals surface area contributed by atoms with Crippen LogP contribution in [0.25, 0.3) is 0 Å². The maximum atomic E-state index is 9.91. The van der Waals surface area contributed by atoms with Gasteiger partial charge in [0.05, 0.1) is 6.10 Å². The van der Waals surface area contributed by atoms with Crippen LogP contribution in [0.15, 0.2) is 0 Å². The van der Waals surface area contributed by atoms with Crippen molar-refractivity contribution in [3.8, 4) is 0 Å². The first-order valence-corrected chi connectivity index (χ1v) is 8.72. The van der Waals surface area contributed by atoms with Crippen molar-refractivity contribution in [1.82, 2.24) is 5.32 Å². The Balaban J connectivity index is 1.81. The average Bonchev–Trinajstić information content (AvgIpc) is 2.47. The van der Waals surface area contributed by atoms with E-state index in [-0.39, 0.29) is 6.10 Å². The highest BCUT2D eigenvalue weighted by Gasteiger charge is 2.32. The van der Waals surface area contributed by atoms with Crippen LogP contribution in [0, 0.1) is 11.8 Å². The Labute approximate surface area is 119 Å². The molecule has 19 heavy (non-hydrogen) atoms. The molecule has 0 radical (unpaired) electrons. The molecule has 2 nitrogen and oxygen atoms in total. The van der Waals surface area contributed by atoms with E-state index in [0.29, 0.717) is 6.04 Å². The largest absolute Gasteiger partial charge is 0.392 e. The molecular formula is C17H33NO. The maximum Gasteiger partial charge on any atom is 0.0664 e. The minimum absolute atomic E-state index is 0.140. The molecule has 0 amide bonds. The van der Waals surface area contributed by atoms with Crippen LogP contribution in [0.1, 0.15) is 77.6 Å². The Morgan fingerprint density at radius 2 is 1.68 bits per heavy atom. The molecular weight excluding hydrogens is 234 g/mol. The molecule has 2 fully saturated rings. The van der Waals surface area contributed by atoms with Crippen molar-refractivity contribution in [2.24, 2.45) is 11.8 Å². The van der Waals surface area contributed by atoms with Crippen LogP contribution >= 0.6 is 0 Å². The first-order chi connectivity index (χ1) is 9.31. The zero-order valence-electron chi connectivity index (χ0n) is 12.7. The van der Waals surface area contributed by atoms with E-state index in [1.807, 2.05) is 0 Å². The average molecular weight is 267 g/mol. The van der Waals surface area contributed by atoms with Crippen molar-refractivity contribution in [1.29, 1.82) is 0 Å². The molecule has 112 valence electrons. The fourth-order valence-electron chi connectivity index (χ4n) is 4.26. The molecule has 2 N–H and O–H groups in total. The smallest absolute Gasteiger partial charge is 0.0664 e. The normalized spacial score (nSPS) is 31.3. The van der Waals surface area contributed by atoms with Crippen molar-refractivity contribution >= 4 is 0 Å². The summed E-state index contributed by atoms with van der Waals surface area (Å²) in [6, 6.07) is 0.684. The first-order valence-electron chi connectivity index (χ1n) is 8.72. The van der Waals surface area contributed by atoms with Crippen LogP contribution < -0.4 is 5.32 Å². The quantitative estimate of drug-likeness (QED) is 0.765. The molecule has 0 aromatic heterocycles. The van der Waals surface area contributed by atoms with Gasteiger partial charge in [-0.15, -0.1) is 0 Å². The van der Waals surface area contributed by atoms with Gasteiger partial charge in [-0.1, -0.05) is 58.3 Å². The SMILES string of the molecule is CCCC(O)CNC1CCCCC1C1CCCCC1. The molecule has 0 aliphatic heterocycles. The zero-order valence-corrected chi connectivity index (χ0v) is 12.7. The second kappa shape index (κ2) is 8.26. The molecule has 0 aromatic carbocycles. The highest BCUT2D eigenvalue weighted by molar-refractivity contribution is 4.87. The van der Waals surface area contributed by atoms with Crippen molar-refractivity contribution in [3.63, 3.8) is 0 Å². The Kier molecular flexibility index (Phi) is 6.66. The molecule has 0 spiro atoms. The summed E-state index contributed by atoms with van der Waals surface area (Å²) in [6.45, 7) is 2.95. The number of rotatable bonds is 6. The lowest BCUT2D eigenvalue weighted by atomic mass is 9.71. The van der Waals surface area contributed by atoms with Crippen molar-refractivity contribution in [2.75, 3.05) is 6.54 Å². The van der Waals surface area contributed by atoms with Crippen LogP contribution in [0.3, 0.4) is 0 Å². The van der Waals surface area contributed by atoms with Gasteiger partial charge in [-0.05, 0) is 31.1 Å². The standard InChI is InChI=1S/C17H33NO/c1-2-8-15(19)13-18-17-12-7-6-11-16(17)14-9-4-3-5-10-14/h14-19H,2-13H2,1H3. The van der Waals surface area contributed by atoms with Gasteiger partial charge in [-0.2, -0.15) is 0 Å².